The monoisotopic (exact) mass is 394 g/mol. The number of pyridine rings is 1. The largest absolute Gasteiger partial charge is 0.383 e. The Balaban J connectivity index is 1.38. The van der Waals surface area contributed by atoms with Gasteiger partial charge in [-0.15, -0.1) is 0 Å². The van der Waals surface area contributed by atoms with Gasteiger partial charge < -0.3 is 14.6 Å². The van der Waals surface area contributed by atoms with Gasteiger partial charge >= 0.3 is 0 Å². The molecule has 4 rings (SSSR count). The fourth-order valence-electron chi connectivity index (χ4n) is 3.86. The van der Waals surface area contributed by atoms with Gasteiger partial charge in [0.1, 0.15) is 0 Å². The summed E-state index contributed by atoms with van der Waals surface area (Å²) < 4.78 is 10.2. The summed E-state index contributed by atoms with van der Waals surface area (Å²) in [7, 11) is 1.60. The van der Waals surface area contributed by atoms with Gasteiger partial charge in [-0.3, -0.25) is 14.7 Å². The van der Waals surface area contributed by atoms with Crippen molar-refractivity contribution in [3.63, 3.8) is 0 Å². The smallest absolute Gasteiger partial charge is 0.289 e. The van der Waals surface area contributed by atoms with Crippen LogP contribution >= 0.6 is 0 Å². The molecular weight excluding hydrogens is 368 g/mol. The van der Waals surface area contributed by atoms with Gasteiger partial charge in [-0.05, 0) is 43.1 Å². The van der Waals surface area contributed by atoms with Crippen molar-refractivity contribution in [3.8, 4) is 0 Å². The van der Waals surface area contributed by atoms with Crippen LogP contribution in [0.3, 0.4) is 0 Å². The molecule has 0 unspecified atom stereocenters. The first kappa shape index (κ1) is 19.5. The summed E-state index contributed by atoms with van der Waals surface area (Å²) in [5.74, 6) is 0.281. The second-order valence-electron chi connectivity index (χ2n) is 7.47. The van der Waals surface area contributed by atoms with Crippen molar-refractivity contribution in [2.24, 2.45) is 0 Å². The highest BCUT2D eigenvalue weighted by Gasteiger charge is 2.25. The second-order valence-corrected chi connectivity index (χ2v) is 7.47. The Labute approximate surface area is 170 Å². The molecule has 1 N–H and O–H groups in total. The molecule has 1 aromatic carbocycles. The van der Waals surface area contributed by atoms with E-state index in [1.807, 2.05) is 12.3 Å². The summed E-state index contributed by atoms with van der Waals surface area (Å²) in [6, 6.07) is 12.3. The maximum Gasteiger partial charge on any atom is 0.289 e. The molecule has 1 aliphatic heterocycles. The van der Waals surface area contributed by atoms with Gasteiger partial charge in [-0.1, -0.05) is 17.3 Å². The van der Waals surface area contributed by atoms with Crippen LogP contribution in [0.15, 0.2) is 47.1 Å². The van der Waals surface area contributed by atoms with E-state index in [1.54, 1.807) is 13.2 Å². The molecule has 7 heteroatoms. The number of rotatable bonds is 7. The number of aromatic nitrogens is 2. The number of ether oxygens (including phenoxy) is 1. The van der Waals surface area contributed by atoms with E-state index in [1.165, 1.54) is 10.9 Å². The molecule has 0 radical (unpaired) electrons. The van der Waals surface area contributed by atoms with Crippen LogP contribution in [0.2, 0.25) is 0 Å². The number of carbonyl (C=O) groups is 1. The van der Waals surface area contributed by atoms with E-state index in [-0.39, 0.29) is 17.6 Å². The number of benzene rings is 1. The molecule has 3 heterocycles. The van der Waals surface area contributed by atoms with Gasteiger partial charge in [0.25, 0.3) is 5.91 Å². The first-order valence-corrected chi connectivity index (χ1v) is 10.0. The molecule has 0 bridgehead atoms. The van der Waals surface area contributed by atoms with Gasteiger partial charge in [-0.25, -0.2) is 0 Å². The molecule has 0 aliphatic carbocycles. The minimum atomic E-state index is -0.252. The van der Waals surface area contributed by atoms with Crippen molar-refractivity contribution >= 4 is 16.8 Å². The number of fused-ring (bicyclic) bond motifs is 1. The van der Waals surface area contributed by atoms with Gasteiger partial charge in [-0.2, -0.15) is 0 Å². The second kappa shape index (κ2) is 9.15. The molecule has 3 aromatic rings. The number of likely N-dealkylation sites (tertiary alicyclic amines) is 1. The lowest BCUT2D eigenvalue weighted by atomic mass is 9.94. The van der Waals surface area contributed by atoms with E-state index < -0.39 is 0 Å². The fourth-order valence-corrected chi connectivity index (χ4v) is 3.86. The van der Waals surface area contributed by atoms with E-state index in [4.69, 9.17) is 9.26 Å². The van der Waals surface area contributed by atoms with Gasteiger partial charge in [0.15, 0.2) is 0 Å². The third kappa shape index (κ3) is 4.81. The maximum atomic E-state index is 12.1. The van der Waals surface area contributed by atoms with E-state index in [0.29, 0.717) is 13.2 Å². The summed E-state index contributed by atoms with van der Waals surface area (Å²) in [6.45, 7) is 3.77. The lowest BCUT2D eigenvalue weighted by Crippen LogP contribution is -2.34. The van der Waals surface area contributed by atoms with Crippen molar-refractivity contribution in [1.29, 1.82) is 0 Å². The average Bonchev–Trinajstić information content (AvgIpc) is 3.24. The minimum absolute atomic E-state index is 0.252. The standard InChI is InChI=1S/C22H26N4O3/c1-28-11-9-24-22(27)21-13-20(25-29-21)18-5-3-10-26(15-18)14-16-6-7-19-17(12-16)4-2-8-23-19/h2,4,6-8,12-13,18H,3,5,9-11,14-15H2,1H3,(H,24,27)/t18-/m1/s1. The summed E-state index contributed by atoms with van der Waals surface area (Å²) in [6.07, 6.45) is 3.97. The van der Waals surface area contributed by atoms with Gasteiger partial charge in [0.2, 0.25) is 5.76 Å². The van der Waals surface area contributed by atoms with Crippen molar-refractivity contribution in [2.45, 2.75) is 25.3 Å². The summed E-state index contributed by atoms with van der Waals surface area (Å²) >= 11 is 0. The van der Waals surface area contributed by atoms with Crippen LogP contribution in [0.25, 0.3) is 10.9 Å². The Morgan fingerprint density at radius 2 is 2.28 bits per heavy atom. The summed E-state index contributed by atoms with van der Waals surface area (Å²) in [5, 5.41) is 8.09. The third-order valence-corrected chi connectivity index (χ3v) is 5.34. The molecule has 7 nitrogen and oxygen atoms in total. The maximum absolute atomic E-state index is 12.1. The highest BCUT2D eigenvalue weighted by molar-refractivity contribution is 5.91. The predicted octanol–water partition coefficient (Wildman–Crippen LogP) is 2.98. The van der Waals surface area contributed by atoms with E-state index in [0.717, 1.165) is 43.7 Å². The molecule has 1 aliphatic rings. The topological polar surface area (TPSA) is 80.5 Å². The van der Waals surface area contributed by atoms with Gasteiger partial charge in [0.05, 0.1) is 17.8 Å². The number of nitrogens with one attached hydrogen (secondary N) is 1. The SMILES string of the molecule is COCCNC(=O)c1cc([C@@H]2CCCN(Cc3ccc4ncccc4c3)C2)no1. The van der Waals surface area contributed by atoms with E-state index >= 15 is 0 Å². The average molecular weight is 394 g/mol. The Kier molecular flexibility index (Phi) is 6.17. The van der Waals surface area contributed by atoms with E-state index in [2.05, 4.69) is 44.6 Å². The normalized spacial score (nSPS) is 17.5. The van der Waals surface area contributed by atoms with Crippen LogP contribution in [0.1, 0.15) is 40.6 Å². The van der Waals surface area contributed by atoms with Crippen LogP contribution < -0.4 is 5.32 Å². The third-order valence-electron chi connectivity index (χ3n) is 5.34. The first-order valence-electron chi connectivity index (χ1n) is 10.0. The zero-order valence-electron chi connectivity index (χ0n) is 16.6. The molecular formula is C22H26N4O3. The lowest BCUT2D eigenvalue weighted by Gasteiger charge is -2.31. The number of piperidine rings is 1. The van der Waals surface area contributed by atoms with Crippen LogP contribution in [-0.2, 0) is 11.3 Å². The van der Waals surface area contributed by atoms with Crippen LogP contribution in [0, 0.1) is 0 Å². The summed E-state index contributed by atoms with van der Waals surface area (Å²) in [5.41, 5.74) is 3.16. The van der Waals surface area contributed by atoms with Crippen LogP contribution in [0.4, 0.5) is 0 Å². The molecule has 152 valence electrons. The fraction of sp³-hybridized carbons (Fsp3) is 0.409. The first-order chi connectivity index (χ1) is 14.2. The van der Waals surface area contributed by atoms with Crippen molar-refractivity contribution in [3.05, 3.63) is 59.6 Å². The molecule has 29 heavy (non-hydrogen) atoms. The lowest BCUT2D eigenvalue weighted by molar-refractivity contribution is 0.0900. The number of carbonyl (C=O) groups excluding carboxylic acids is 1. The Morgan fingerprint density at radius 1 is 1.34 bits per heavy atom. The molecule has 0 saturated carbocycles. The van der Waals surface area contributed by atoms with E-state index in [9.17, 15) is 4.79 Å². The molecule has 2 aromatic heterocycles. The van der Waals surface area contributed by atoms with Gasteiger partial charge in [0, 0.05) is 50.3 Å². The molecule has 1 saturated heterocycles. The molecule has 1 amide bonds. The molecule has 1 fully saturated rings. The van der Waals surface area contributed by atoms with Crippen molar-refractivity contribution in [2.75, 3.05) is 33.4 Å². The number of methoxy groups -OCH3 is 1. The van der Waals surface area contributed by atoms with Crippen molar-refractivity contribution < 1.29 is 14.1 Å². The number of hydrogen-bond donors (Lipinski definition) is 1. The van der Waals surface area contributed by atoms with Crippen LogP contribution in [-0.4, -0.2) is 54.3 Å². The quantitative estimate of drug-likeness (QED) is 0.621. The highest BCUT2D eigenvalue weighted by Crippen LogP contribution is 2.28. The Hall–Kier alpha value is -2.77. The number of amides is 1. The predicted molar refractivity (Wildman–Crippen MR) is 110 cm³/mol. The zero-order valence-corrected chi connectivity index (χ0v) is 16.6. The Morgan fingerprint density at radius 3 is 3.17 bits per heavy atom. The number of hydrogen-bond acceptors (Lipinski definition) is 6. The number of nitrogens with zero attached hydrogens (tertiary/aromatic N) is 3. The molecule has 1 atom stereocenters. The highest BCUT2D eigenvalue weighted by atomic mass is 16.5. The zero-order chi connectivity index (χ0) is 20.1. The molecule has 0 spiro atoms. The van der Waals surface area contributed by atoms with Crippen molar-refractivity contribution in [1.82, 2.24) is 20.4 Å². The summed E-state index contributed by atoms with van der Waals surface area (Å²) in [4.78, 5) is 18.9. The Bertz CT molecular complexity index is 971. The minimum Gasteiger partial charge on any atom is -0.383 e. The van der Waals surface area contributed by atoms with Crippen LogP contribution in [0.5, 0.6) is 0 Å².